The zero-order valence-corrected chi connectivity index (χ0v) is 15.2. The average molecular weight is 435 g/mol. The fourth-order valence-corrected chi connectivity index (χ4v) is 3.05. The molecule has 0 unspecified atom stereocenters. The van der Waals surface area contributed by atoms with Crippen LogP contribution in [0.3, 0.4) is 0 Å². The summed E-state index contributed by atoms with van der Waals surface area (Å²) in [6.07, 6.45) is -4.16. The second-order valence-corrected chi connectivity index (χ2v) is 7.22. The molecule has 1 saturated carbocycles. The van der Waals surface area contributed by atoms with E-state index in [-0.39, 0.29) is 0 Å². The van der Waals surface area contributed by atoms with Gasteiger partial charge in [0.2, 0.25) is 0 Å². The highest BCUT2D eigenvalue weighted by Gasteiger charge is 2.62. The highest BCUT2D eigenvalue weighted by atomic mass is 35.5. The van der Waals surface area contributed by atoms with Gasteiger partial charge in [-0.05, 0) is 11.3 Å². The largest absolute Gasteiger partial charge is 0.460 e. The zero-order valence-electron chi connectivity index (χ0n) is 14.4. The molecule has 0 aromatic heterocycles. The molecule has 2 atom stereocenters. The molecule has 28 heavy (non-hydrogen) atoms. The minimum Gasteiger partial charge on any atom is -0.460 e. The molecule has 1 aliphatic rings. The van der Waals surface area contributed by atoms with Crippen molar-refractivity contribution in [3.63, 3.8) is 0 Å². The highest BCUT2D eigenvalue weighted by Crippen LogP contribution is 2.60. The number of allylic oxidation sites excluding steroid dienone is 2. The van der Waals surface area contributed by atoms with Gasteiger partial charge in [-0.15, -0.1) is 0 Å². The van der Waals surface area contributed by atoms with Gasteiger partial charge >= 0.3 is 12.1 Å². The van der Waals surface area contributed by atoms with Gasteiger partial charge in [-0.1, -0.05) is 31.5 Å². The molecule has 1 fully saturated rings. The maximum Gasteiger partial charge on any atom is 0.426 e. The Hall–Kier alpha value is -1.81. The Morgan fingerprint density at radius 3 is 2.00 bits per heavy atom. The molecule has 11 heteroatoms. The number of carbonyl (C=O) groups is 1. The van der Waals surface area contributed by atoms with E-state index in [2.05, 4.69) is 4.74 Å². The maximum absolute atomic E-state index is 13.9. The van der Waals surface area contributed by atoms with Crippen molar-refractivity contribution in [2.24, 2.45) is 17.3 Å². The summed E-state index contributed by atoms with van der Waals surface area (Å²) in [5.74, 6) is -10.5. The molecule has 0 spiro atoms. The Morgan fingerprint density at radius 2 is 1.57 bits per heavy atom. The third kappa shape index (κ3) is 3.98. The Kier molecular flexibility index (Phi) is 6.06. The first-order valence-corrected chi connectivity index (χ1v) is 8.18. The quantitative estimate of drug-likeness (QED) is 0.414. The Morgan fingerprint density at radius 1 is 1.11 bits per heavy atom. The molecule has 0 radical (unpaired) electrons. The van der Waals surface area contributed by atoms with E-state index in [0.29, 0.717) is 6.08 Å². The van der Waals surface area contributed by atoms with Crippen molar-refractivity contribution in [1.82, 2.24) is 0 Å². The van der Waals surface area contributed by atoms with Crippen molar-refractivity contribution in [2.45, 2.75) is 33.2 Å². The predicted octanol–water partition coefficient (Wildman–Crippen LogP) is 4.74. The number of aliphatic hydroxyl groups excluding tert-OH is 1. The Balaban J connectivity index is 2.18. The Labute approximate surface area is 159 Å². The van der Waals surface area contributed by atoms with Crippen LogP contribution in [0.15, 0.2) is 11.1 Å². The summed E-state index contributed by atoms with van der Waals surface area (Å²) < 4.78 is 97.2. The number of carbonyl (C=O) groups excluding carboxylic acids is 1. The lowest BCUT2D eigenvalue weighted by Crippen LogP contribution is -2.15. The van der Waals surface area contributed by atoms with Gasteiger partial charge in [-0.25, -0.2) is 17.6 Å². The molecule has 0 heterocycles. The average Bonchev–Trinajstić information content (AvgIpc) is 3.13. The molecule has 1 aromatic carbocycles. The van der Waals surface area contributed by atoms with Crippen LogP contribution in [0, 0.1) is 40.5 Å². The smallest absolute Gasteiger partial charge is 0.426 e. The van der Waals surface area contributed by atoms with Gasteiger partial charge < -0.3 is 9.84 Å². The van der Waals surface area contributed by atoms with Crippen LogP contribution in [-0.4, -0.2) is 17.3 Å². The standard InChI is InChI=1S/C17H14ClF7O3/c1-16(2)8(3-9(18)17(23,24)25)10(16)15(27)28-5-7-13(21)11(19)6(4-26)12(20)14(7)22/h3,8,10,26H,4-5H2,1-2H3/t8-,10-/m0/s1. The van der Waals surface area contributed by atoms with E-state index >= 15 is 0 Å². The molecule has 1 aliphatic carbocycles. The Bertz CT molecular complexity index is 804. The summed E-state index contributed by atoms with van der Waals surface area (Å²) in [5, 5.41) is 7.33. The summed E-state index contributed by atoms with van der Waals surface area (Å²) in [7, 11) is 0. The lowest BCUT2D eigenvalue weighted by molar-refractivity contribution is -0.147. The predicted molar refractivity (Wildman–Crippen MR) is 82.7 cm³/mol. The normalized spacial score (nSPS) is 21.6. The van der Waals surface area contributed by atoms with Crippen LogP contribution in [0.5, 0.6) is 0 Å². The van der Waals surface area contributed by atoms with Crippen molar-refractivity contribution in [1.29, 1.82) is 0 Å². The number of ether oxygens (including phenoxy) is 1. The first-order chi connectivity index (χ1) is 12.7. The van der Waals surface area contributed by atoms with Crippen molar-refractivity contribution in [2.75, 3.05) is 0 Å². The number of benzene rings is 1. The summed E-state index contributed by atoms with van der Waals surface area (Å²) >= 11 is 5.15. The number of aliphatic hydroxyl groups is 1. The van der Waals surface area contributed by atoms with Crippen LogP contribution in [-0.2, 0) is 22.7 Å². The van der Waals surface area contributed by atoms with E-state index in [4.69, 9.17) is 16.7 Å². The first kappa shape index (κ1) is 22.5. The van der Waals surface area contributed by atoms with E-state index in [1.165, 1.54) is 13.8 Å². The second-order valence-electron chi connectivity index (χ2n) is 6.82. The monoisotopic (exact) mass is 434 g/mol. The summed E-state index contributed by atoms with van der Waals surface area (Å²) in [6.45, 7) is 0.427. The number of halogens is 8. The molecule has 0 saturated heterocycles. The molecule has 1 aromatic rings. The van der Waals surface area contributed by atoms with Gasteiger partial charge in [-0.3, -0.25) is 4.79 Å². The van der Waals surface area contributed by atoms with Gasteiger partial charge in [0.05, 0.1) is 23.7 Å². The van der Waals surface area contributed by atoms with Gasteiger partial charge in [0.25, 0.3) is 0 Å². The topological polar surface area (TPSA) is 46.5 Å². The highest BCUT2D eigenvalue weighted by molar-refractivity contribution is 6.30. The summed E-state index contributed by atoms with van der Waals surface area (Å²) in [4.78, 5) is 12.1. The van der Waals surface area contributed by atoms with Crippen molar-refractivity contribution in [3.05, 3.63) is 45.5 Å². The van der Waals surface area contributed by atoms with Gasteiger partial charge in [0, 0.05) is 0 Å². The molecular formula is C17H14ClF7O3. The van der Waals surface area contributed by atoms with Crippen LogP contribution in [0.4, 0.5) is 30.7 Å². The number of rotatable bonds is 5. The third-order valence-electron chi connectivity index (χ3n) is 4.72. The van der Waals surface area contributed by atoms with E-state index in [9.17, 15) is 35.5 Å². The molecular weight excluding hydrogens is 421 g/mol. The van der Waals surface area contributed by atoms with Crippen molar-refractivity contribution >= 4 is 17.6 Å². The molecule has 0 amide bonds. The fourth-order valence-electron chi connectivity index (χ4n) is 2.91. The van der Waals surface area contributed by atoms with Crippen LogP contribution < -0.4 is 0 Å². The van der Waals surface area contributed by atoms with E-state index in [0.717, 1.165) is 0 Å². The van der Waals surface area contributed by atoms with Crippen molar-refractivity contribution in [3.8, 4) is 0 Å². The minimum absolute atomic E-state index is 0.643. The van der Waals surface area contributed by atoms with Crippen LogP contribution in [0.2, 0.25) is 0 Å². The molecule has 0 bridgehead atoms. The third-order valence-corrected chi connectivity index (χ3v) is 5.06. The molecule has 1 N–H and O–H groups in total. The minimum atomic E-state index is -4.80. The molecule has 2 rings (SSSR count). The maximum atomic E-state index is 13.9. The van der Waals surface area contributed by atoms with Gasteiger partial charge in [-0.2, -0.15) is 13.2 Å². The SMILES string of the molecule is CC1(C)[C@H](C(=O)OCc2c(F)c(F)c(CO)c(F)c2F)[C@@H]1C=C(Cl)C(F)(F)F. The summed E-state index contributed by atoms with van der Waals surface area (Å²) in [5.41, 5.74) is -3.42. The summed E-state index contributed by atoms with van der Waals surface area (Å²) in [6, 6.07) is 0. The number of esters is 1. The zero-order chi connectivity index (χ0) is 21.6. The number of alkyl halides is 3. The van der Waals surface area contributed by atoms with E-state index < -0.39 is 82.0 Å². The van der Waals surface area contributed by atoms with Crippen LogP contribution in [0.1, 0.15) is 25.0 Å². The lowest BCUT2D eigenvalue weighted by Gasteiger charge is -2.11. The molecule has 3 nitrogen and oxygen atoms in total. The van der Waals surface area contributed by atoms with Crippen molar-refractivity contribution < 1.29 is 45.4 Å². The number of hydrogen-bond acceptors (Lipinski definition) is 3. The number of hydrogen-bond donors (Lipinski definition) is 1. The van der Waals surface area contributed by atoms with E-state index in [1.54, 1.807) is 0 Å². The fraction of sp³-hybridized carbons (Fsp3) is 0.471. The van der Waals surface area contributed by atoms with Gasteiger partial charge in [0.15, 0.2) is 23.3 Å². The second kappa shape index (κ2) is 7.55. The lowest BCUT2D eigenvalue weighted by atomic mass is 10.1. The van der Waals surface area contributed by atoms with Gasteiger partial charge in [0.1, 0.15) is 11.6 Å². The molecule has 156 valence electrons. The molecule has 0 aliphatic heterocycles. The first-order valence-electron chi connectivity index (χ1n) is 7.80. The van der Waals surface area contributed by atoms with E-state index in [1.807, 2.05) is 0 Å². The van der Waals surface area contributed by atoms with Crippen LogP contribution in [0.25, 0.3) is 0 Å². The van der Waals surface area contributed by atoms with Crippen LogP contribution >= 0.6 is 11.6 Å².